The van der Waals surface area contributed by atoms with Gasteiger partial charge < -0.3 is 5.73 Å². The first kappa shape index (κ1) is 10.5. The van der Waals surface area contributed by atoms with Crippen LogP contribution in [0.1, 0.15) is 5.56 Å². The van der Waals surface area contributed by atoms with Gasteiger partial charge in [-0.3, -0.25) is 0 Å². The second-order valence-electron chi connectivity index (χ2n) is 3.11. The number of nitrogen functional groups attached to an aromatic ring is 1. The lowest BCUT2D eigenvalue weighted by Gasteiger charge is -2.02. The molecule has 0 atom stereocenters. The van der Waals surface area contributed by atoms with E-state index >= 15 is 0 Å². The topological polar surface area (TPSA) is 26.0 Å². The molecule has 4 heteroatoms. The van der Waals surface area contributed by atoms with Crippen molar-refractivity contribution in [2.75, 3.05) is 5.73 Å². The van der Waals surface area contributed by atoms with Crippen LogP contribution in [0.5, 0.6) is 0 Å². The molecular formula is C11H10FNS2. The van der Waals surface area contributed by atoms with Crippen molar-refractivity contribution in [2.24, 2.45) is 0 Å². The Morgan fingerprint density at radius 3 is 2.87 bits per heavy atom. The number of benzene rings is 1. The summed E-state index contributed by atoms with van der Waals surface area (Å²) in [5.74, 6) is 0.555. The third-order valence-electron chi connectivity index (χ3n) is 1.93. The first-order valence-electron chi connectivity index (χ1n) is 4.44. The van der Waals surface area contributed by atoms with Crippen LogP contribution in [-0.2, 0) is 5.75 Å². The van der Waals surface area contributed by atoms with E-state index in [1.54, 1.807) is 23.5 Å². The van der Waals surface area contributed by atoms with Crippen LogP contribution in [-0.4, -0.2) is 0 Å². The van der Waals surface area contributed by atoms with Crippen LogP contribution in [0.15, 0.2) is 39.9 Å². The van der Waals surface area contributed by atoms with Crippen molar-refractivity contribution in [1.29, 1.82) is 0 Å². The van der Waals surface area contributed by atoms with Crippen LogP contribution >= 0.6 is 23.1 Å². The van der Waals surface area contributed by atoms with E-state index in [-0.39, 0.29) is 5.82 Å². The summed E-state index contributed by atoms with van der Waals surface area (Å²) in [4.78, 5) is 0.649. The third kappa shape index (κ3) is 2.73. The molecule has 15 heavy (non-hydrogen) atoms. The van der Waals surface area contributed by atoms with Gasteiger partial charge in [0.2, 0.25) is 0 Å². The minimum atomic E-state index is -0.241. The third-order valence-corrected chi connectivity index (χ3v) is 3.78. The van der Waals surface area contributed by atoms with Gasteiger partial charge in [-0.1, -0.05) is 0 Å². The Labute approximate surface area is 96.1 Å². The normalized spacial score (nSPS) is 10.5. The fraction of sp³-hybridized carbons (Fsp3) is 0.0909. The average molecular weight is 239 g/mol. The van der Waals surface area contributed by atoms with Crippen molar-refractivity contribution in [2.45, 2.75) is 10.6 Å². The van der Waals surface area contributed by atoms with Gasteiger partial charge in [-0.05, 0) is 40.6 Å². The van der Waals surface area contributed by atoms with Gasteiger partial charge in [-0.2, -0.15) is 11.3 Å². The molecule has 0 amide bonds. The largest absolute Gasteiger partial charge is 0.399 e. The van der Waals surface area contributed by atoms with E-state index in [9.17, 15) is 4.39 Å². The summed E-state index contributed by atoms with van der Waals surface area (Å²) in [6.45, 7) is 0. The van der Waals surface area contributed by atoms with Crippen molar-refractivity contribution in [3.05, 3.63) is 46.4 Å². The van der Waals surface area contributed by atoms with E-state index in [1.165, 1.54) is 23.4 Å². The van der Waals surface area contributed by atoms with Gasteiger partial charge >= 0.3 is 0 Å². The molecule has 0 aliphatic rings. The number of thiophene rings is 1. The SMILES string of the molecule is Nc1ccc(SCc2ccsc2)c(F)c1. The molecule has 78 valence electrons. The summed E-state index contributed by atoms with van der Waals surface area (Å²) in [5, 5.41) is 4.09. The summed E-state index contributed by atoms with van der Waals surface area (Å²) < 4.78 is 13.4. The van der Waals surface area contributed by atoms with Crippen LogP contribution in [0.3, 0.4) is 0 Å². The molecule has 0 saturated heterocycles. The van der Waals surface area contributed by atoms with E-state index in [0.29, 0.717) is 10.6 Å². The van der Waals surface area contributed by atoms with E-state index in [4.69, 9.17) is 5.73 Å². The molecule has 0 saturated carbocycles. The molecule has 0 fully saturated rings. The predicted octanol–water partition coefficient (Wildman–Crippen LogP) is 3.76. The van der Waals surface area contributed by atoms with Gasteiger partial charge in [0.15, 0.2) is 0 Å². The molecule has 1 aromatic heterocycles. The molecule has 0 spiro atoms. The van der Waals surface area contributed by atoms with Crippen LogP contribution in [0, 0.1) is 5.82 Å². The molecule has 2 aromatic rings. The Kier molecular flexibility index (Phi) is 3.28. The fourth-order valence-electron chi connectivity index (χ4n) is 1.17. The Hall–Kier alpha value is -1.00. The zero-order valence-corrected chi connectivity index (χ0v) is 9.58. The van der Waals surface area contributed by atoms with Gasteiger partial charge in [-0.15, -0.1) is 11.8 Å². The molecule has 0 radical (unpaired) electrons. The molecule has 1 heterocycles. The lowest BCUT2D eigenvalue weighted by atomic mass is 10.3. The summed E-state index contributed by atoms with van der Waals surface area (Å²) in [6.07, 6.45) is 0. The Bertz CT molecular complexity index is 440. The fourth-order valence-corrected chi connectivity index (χ4v) is 2.81. The van der Waals surface area contributed by atoms with Crippen molar-refractivity contribution in [3.8, 4) is 0 Å². The zero-order valence-electron chi connectivity index (χ0n) is 7.94. The monoisotopic (exact) mass is 239 g/mol. The number of halogens is 1. The number of hydrogen-bond donors (Lipinski definition) is 1. The molecule has 0 unspecified atom stereocenters. The maximum absolute atomic E-state index is 13.4. The highest BCUT2D eigenvalue weighted by atomic mass is 32.2. The van der Waals surface area contributed by atoms with Gasteiger partial charge in [-0.25, -0.2) is 4.39 Å². The molecule has 2 rings (SSSR count). The van der Waals surface area contributed by atoms with E-state index < -0.39 is 0 Å². The van der Waals surface area contributed by atoms with E-state index in [0.717, 1.165) is 5.75 Å². The van der Waals surface area contributed by atoms with Gasteiger partial charge in [0.1, 0.15) is 5.82 Å². The molecule has 2 N–H and O–H groups in total. The quantitative estimate of drug-likeness (QED) is 0.652. The number of hydrogen-bond acceptors (Lipinski definition) is 3. The van der Waals surface area contributed by atoms with Crippen LogP contribution in [0.2, 0.25) is 0 Å². The van der Waals surface area contributed by atoms with E-state index in [2.05, 4.69) is 5.38 Å². The minimum Gasteiger partial charge on any atom is -0.399 e. The van der Waals surface area contributed by atoms with Gasteiger partial charge in [0.25, 0.3) is 0 Å². The number of thioether (sulfide) groups is 1. The number of anilines is 1. The lowest BCUT2D eigenvalue weighted by Crippen LogP contribution is -1.88. The molecule has 0 aliphatic heterocycles. The van der Waals surface area contributed by atoms with Crippen molar-refractivity contribution in [3.63, 3.8) is 0 Å². The van der Waals surface area contributed by atoms with Crippen molar-refractivity contribution < 1.29 is 4.39 Å². The van der Waals surface area contributed by atoms with Gasteiger partial charge in [0.05, 0.1) is 0 Å². The smallest absolute Gasteiger partial charge is 0.138 e. The zero-order chi connectivity index (χ0) is 10.7. The molecule has 0 bridgehead atoms. The minimum absolute atomic E-state index is 0.241. The predicted molar refractivity (Wildman–Crippen MR) is 64.7 cm³/mol. The Balaban J connectivity index is 2.05. The maximum Gasteiger partial charge on any atom is 0.138 e. The van der Waals surface area contributed by atoms with Crippen molar-refractivity contribution in [1.82, 2.24) is 0 Å². The molecule has 0 aliphatic carbocycles. The first-order valence-corrected chi connectivity index (χ1v) is 6.37. The molecule has 1 aromatic carbocycles. The maximum atomic E-state index is 13.4. The average Bonchev–Trinajstić information content (AvgIpc) is 2.69. The first-order chi connectivity index (χ1) is 7.25. The molecule has 1 nitrogen and oxygen atoms in total. The second-order valence-corrected chi connectivity index (χ2v) is 4.91. The van der Waals surface area contributed by atoms with Crippen LogP contribution in [0.4, 0.5) is 10.1 Å². The number of nitrogens with two attached hydrogens (primary N) is 1. The highest BCUT2D eigenvalue weighted by Crippen LogP contribution is 2.27. The van der Waals surface area contributed by atoms with E-state index in [1.807, 2.05) is 11.4 Å². The highest BCUT2D eigenvalue weighted by Gasteiger charge is 2.03. The summed E-state index contributed by atoms with van der Waals surface area (Å²) in [7, 11) is 0. The highest BCUT2D eigenvalue weighted by molar-refractivity contribution is 7.98. The van der Waals surface area contributed by atoms with Crippen molar-refractivity contribution >= 4 is 28.8 Å². The summed E-state index contributed by atoms with van der Waals surface area (Å²) in [6, 6.07) is 6.85. The molecular weight excluding hydrogens is 229 g/mol. The standard InChI is InChI=1S/C11H10FNS2/c12-10-5-9(13)1-2-11(10)15-7-8-3-4-14-6-8/h1-6H,7,13H2. The second kappa shape index (κ2) is 4.68. The Morgan fingerprint density at radius 1 is 1.33 bits per heavy atom. The number of rotatable bonds is 3. The Morgan fingerprint density at radius 2 is 2.20 bits per heavy atom. The van der Waals surface area contributed by atoms with Gasteiger partial charge in [0, 0.05) is 16.3 Å². The van der Waals surface area contributed by atoms with Crippen LogP contribution < -0.4 is 5.73 Å². The summed E-state index contributed by atoms with van der Waals surface area (Å²) >= 11 is 3.14. The summed E-state index contributed by atoms with van der Waals surface area (Å²) in [5.41, 5.74) is 7.16. The van der Waals surface area contributed by atoms with Crippen LogP contribution in [0.25, 0.3) is 0 Å². The lowest BCUT2D eigenvalue weighted by molar-refractivity contribution is 0.603.